The number of halogens is 6. The van der Waals surface area contributed by atoms with Gasteiger partial charge in [0.05, 0.1) is 11.3 Å². The van der Waals surface area contributed by atoms with E-state index in [1.165, 1.54) is 6.07 Å². The van der Waals surface area contributed by atoms with Gasteiger partial charge in [0.15, 0.2) is 0 Å². The summed E-state index contributed by atoms with van der Waals surface area (Å²) in [5, 5.41) is 7.09. The first-order valence-electron chi connectivity index (χ1n) is 8.23. The molecule has 0 bridgehead atoms. The van der Waals surface area contributed by atoms with Crippen LogP contribution in [-0.2, 0) is 12.7 Å². The molecule has 1 aliphatic heterocycles. The van der Waals surface area contributed by atoms with Gasteiger partial charge in [0.1, 0.15) is 12.4 Å². The zero-order chi connectivity index (χ0) is 19.6. The van der Waals surface area contributed by atoms with Gasteiger partial charge in [-0.05, 0) is 37.1 Å². The molecule has 3 heterocycles. The molecule has 27 heavy (non-hydrogen) atoms. The van der Waals surface area contributed by atoms with Crippen molar-refractivity contribution in [1.82, 2.24) is 20.1 Å². The van der Waals surface area contributed by atoms with E-state index in [0.29, 0.717) is 18.8 Å². The van der Waals surface area contributed by atoms with E-state index in [1.807, 2.05) is 0 Å². The number of nitrogen functional groups attached to an aromatic ring is 1. The van der Waals surface area contributed by atoms with Crippen LogP contribution in [-0.4, -0.2) is 34.0 Å². The van der Waals surface area contributed by atoms with Crippen molar-refractivity contribution in [3.8, 4) is 11.3 Å². The molecule has 3 N–H and O–H groups in total. The summed E-state index contributed by atoms with van der Waals surface area (Å²) in [6.07, 6.45) is -8.12. The number of fused-ring (bicyclic) bond motifs is 1. The molecule has 1 saturated carbocycles. The zero-order valence-electron chi connectivity index (χ0n) is 13.8. The lowest BCUT2D eigenvalue weighted by molar-refractivity contribution is -0.143. The molecule has 2 aromatic heterocycles. The van der Waals surface area contributed by atoms with Crippen molar-refractivity contribution in [1.29, 1.82) is 0 Å². The molecule has 3 atom stereocenters. The van der Waals surface area contributed by atoms with Gasteiger partial charge in [-0.15, -0.1) is 0 Å². The van der Waals surface area contributed by atoms with Crippen molar-refractivity contribution in [3.63, 3.8) is 0 Å². The van der Waals surface area contributed by atoms with Crippen LogP contribution < -0.4 is 11.1 Å². The predicted octanol–water partition coefficient (Wildman–Crippen LogP) is 3.04. The second-order valence-corrected chi connectivity index (χ2v) is 6.89. The van der Waals surface area contributed by atoms with Crippen LogP contribution >= 0.6 is 0 Å². The first-order chi connectivity index (χ1) is 12.5. The molecular weight excluding hydrogens is 376 g/mol. The monoisotopic (exact) mass is 391 g/mol. The molecule has 146 valence electrons. The number of anilines is 1. The maximum Gasteiger partial charge on any atom is 0.419 e. The summed E-state index contributed by atoms with van der Waals surface area (Å²) in [5.74, 6) is -0.295. The Bertz CT molecular complexity index is 861. The first-order valence-corrected chi connectivity index (χ1v) is 8.23. The number of hydrogen-bond acceptors (Lipinski definition) is 4. The second-order valence-electron chi connectivity index (χ2n) is 6.89. The lowest BCUT2D eigenvalue weighted by atomic mass is 10.1. The Labute approximate surface area is 149 Å². The lowest BCUT2D eigenvalue weighted by Crippen LogP contribution is -2.22. The largest absolute Gasteiger partial charge is 0.419 e. The SMILES string of the molecule is Nc1ncc(-c2cc(C3[C@H]4CNC[C@@H]34)n(CC(F)(F)F)n2)cc1C(F)(F)F. The highest BCUT2D eigenvalue weighted by Gasteiger charge is 2.55. The van der Waals surface area contributed by atoms with Crippen LogP contribution in [0.1, 0.15) is 17.2 Å². The number of pyridine rings is 1. The third kappa shape index (κ3) is 3.35. The van der Waals surface area contributed by atoms with E-state index in [1.54, 1.807) is 0 Å². The van der Waals surface area contributed by atoms with E-state index >= 15 is 0 Å². The Kier molecular flexibility index (Phi) is 3.92. The molecule has 0 radical (unpaired) electrons. The van der Waals surface area contributed by atoms with Gasteiger partial charge in [-0.25, -0.2) is 4.98 Å². The van der Waals surface area contributed by atoms with Gasteiger partial charge >= 0.3 is 12.4 Å². The summed E-state index contributed by atoms with van der Waals surface area (Å²) in [5.41, 5.74) is 4.53. The number of hydrogen-bond donors (Lipinski definition) is 2. The molecule has 2 aliphatic rings. The highest BCUT2D eigenvalue weighted by molar-refractivity contribution is 5.63. The van der Waals surface area contributed by atoms with E-state index in [-0.39, 0.29) is 29.0 Å². The van der Waals surface area contributed by atoms with E-state index in [0.717, 1.165) is 16.9 Å². The minimum Gasteiger partial charge on any atom is -0.383 e. The van der Waals surface area contributed by atoms with Crippen molar-refractivity contribution < 1.29 is 26.3 Å². The van der Waals surface area contributed by atoms with Gasteiger partial charge in [-0.1, -0.05) is 0 Å². The van der Waals surface area contributed by atoms with Crippen molar-refractivity contribution in [2.75, 3.05) is 18.8 Å². The molecule has 4 rings (SSSR count). The summed E-state index contributed by atoms with van der Waals surface area (Å²) in [6.45, 7) is 0.132. The average Bonchev–Trinajstić information content (AvgIpc) is 2.90. The number of alkyl halides is 6. The molecule has 2 fully saturated rings. The fourth-order valence-electron chi connectivity index (χ4n) is 3.84. The zero-order valence-corrected chi connectivity index (χ0v) is 13.8. The Balaban J connectivity index is 1.74. The topological polar surface area (TPSA) is 68.8 Å². The van der Waals surface area contributed by atoms with Gasteiger partial charge in [0.25, 0.3) is 0 Å². The first kappa shape index (κ1) is 18.1. The molecule has 1 saturated heterocycles. The molecule has 2 aromatic rings. The van der Waals surface area contributed by atoms with Gasteiger partial charge in [-0.3, -0.25) is 4.68 Å². The highest BCUT2D eigenvalue weighted by Crippen LogP contribution is 2.56. The number of nitrogens with one attached hydrogen (secondary N) is 1. The molecule has 5 nitrogen and oxygen atoms in total. The molecule has 0 spiro atoms. The summed E-state index contributed by atoms with van der Waals surface area (Å²) in [4.78, 5) is 3.53. The smallest absolute Gasteiger partial charge is 0.383 e. The van der Waals surface area contributed by atoms with Crippen LogP contribution in [0, 0.1) is 11.8 Å². The van der Waals surface area contributed by atoms with Crippen LogP contribution in [0.2, 0.25) is 0 Å². The molecule has 1 unspecified atom stereocenters. The number of rotatable bonds is 3. The summed E-state index contributed by atoms with van der Waals surface area (Å²) in [7, 11) is 0. The van der Waals surface area contributed by atoms with Crippen LogP contribution in [0.3, 0.4) is 0 Å². The number of nitrogens with two attached hydrogens (primary N) is 1. The van der Waals surface area contributed by atoms with Crippen molar-refractivity contribution in [2.45, 2.75) is 24.8 Å². The van der Waals surface area contributed by atoms with Crippen LogP contribution in [0.5, 0.6) is 0 Å². The summed E-state index contributed by atoms with van der Waals surface area (Å²) in [6, 6.07) is 2.20. The molecule has 11 heteroatoms. The Morgan fingerprint density at radius 2 is 1.78 bits per heavy atom. The van der Waals surface area contributed by atoms with Crippen LogP contribution in [0.4, 0.5) is 32.2 Å². The van der Waals surface area contributed by atoms with Crippen molar-refractivity contribution in [2.24, 2.45) is 11.8 Å². The normalized spacial score (nSPS) is 24.9. The van der Waals surface area contributed by atoms with Gasteiger partial charge in [-0.2, -0.15) is 31.4 Å². The standard InChI is InChI=1S/C16H15F6N5/c17-15(18,19)6-27-12(13-8-4-24-5-9(8)13)2-11(26-27)7-1-10(16(20,21)22)14(23)25-3-7/h1-3,8-9,13,24H,4-6H2,(H2,23,25)/t8-,9+,13?. The minimum atomic E-state index is -4.72. The average molecular weight is 391 g/mol. The van der Waals surface area contributed by atoms with Gasteiger partial charge in [0, 0.05) is 23.4 Å². The minimum absolute atomic E-state index is 0.0187. The van der Waals surface area contributed by atoms with Crippen LogP contribution in [0.15, 0.2) is 18.3 Å². The van der Waals surface area contributed by atoms with E-state index in [2.05, 4.69) is 15.4 Å². The Hall–Kier alpha value is -2.30. The van der Waals surface area contributed by atoms with E-state index in [4.69, 9.17) is 5.73 Å². The predicted molar refractivity (Wildman–Crippen MR) is 83.5 cm³/mol. The fourth-order valence-corrected chi connectivity index (χ4v) is 3.84. The van der Waals surface area contributed by atoms with Crippen LogP contribution in [0.25, 0.3) is 11.3 Å². The number of nitrogens with zero attached hydrogens (tertiary/aromatic N) is 3. The third-order valence-corrected chi connectivity index (χ3v) is 5.09. The molecule has 0 aromatic carbocycles. The maximum atomic E-state index is 13.0. The highest BCUT2D eigenvalue weighted by atomic mass is 19.4. The summed E-state index contributed by atoms with van der Waals surface area (Å²) >= 11 is 0. The van der Waals surface area contributed by atoms with Gasteiger partial charge in [0.2, 0.25) is 0 Å². The fraction of sp³-hybridized carbons (Fsp3) is 0.500. The van der Waals surface area contributed by atoms with Gasteiger partial charge < -0.3 is 11.1 Å². The second kappa shape index (κ2) is 5.85. The van der Waals surface area contributed by atoms with E-state index < -0.39 is 30.3 Å². The molecule has 0 amide bonds. The summed E-state index contributed by atoms with van der Waals surface area (Å²) < 4.78 is 78.8. The van der Waals surface area contributed by atoms with E-state index in [9.17, 15) is 26.3 Å². The Morgan fingerprint density at radius 1 is 1.11 bits per heavy atom. The number of aromatic nitrogens is 3. The van der Waals surface area contributed by atoms with Crippen molar-refractivity contribution >= 4 is 5.82 Å². The lowest BCUT2D eigenvalue weighted by Gasteiger charge is -2.11. The molecule has 1 aliphatic carbocycles. The third-order valence-electron chi connectivity index (χ3n) is 5.09. The molecular formula is C16H15F6N5. The Morgan fingerprint density at radius 3 is 2.37 bits per heavy atom. The number of piperidine rings is 1. The quantitative estimate of drug-likeness (QED) is 0.790. The van der Waals surface area contributed by atoms with Crippen molar-refractivity contribution in [3.05, 3.63) is 29.6 Å². The maximum absolute atomic E-state index is 13.0.